The molecule has 0 unspecified atom stereocenters. The van der Waals surface area contributed by atoms with Gasteiger partial charge in [-0.1, -0.05) is 41.6 Å². The van der Waals surface area contributed by atoms with E-state index in [9.17, 15) is 4.79 Å². The lowest BCUT2D eigenvalue weighted by Gasteiger charge is -2.22. The third-order valence-electron chi connectivity index (χ3n) is 4.92. The lowest BCUT2D eigenvalue weighted by molar-refractivity contribution is -0.116. The maximum atomic E-state index is 12.9. The van der Waals surface area contributed by atoms with Crippen molar-refractivity contribution < 1.29 is 4.79 Å². The molecule has 2 aromatic carbocycles. The van der Waals surface area contributed by atoms with Crippen molar-refractivity contribution in [2.75, 3.05) is 10.7 Å². The van der Waals surface area contributed by atoms with Gasteiger partial charge in [-0.3, -0.25) is 4.79 Å². The lowest BCUT2D eigenvalue weighted by Crippen LogP contribution is -2.37. The van der Waals surface area contributed by atoms with Crippen LogP contribution in [0.2, 0.25) is 0 Å². The number of hydrogen-bond donors (Lipinski definition) is 0. The topological polar surface area (TPSA) is 33.2 Å². The molecule has 0 radical (unpaired) electrons. The van der Waals surface area contributed by atoms with Gasteiger partial charge in [-0.25, -0.2) is 4.98 Å². The summed E-state index contributed by atoms with van der Waals surface area (Å²) in [7, 11) is 0. The number of nitrogens with zero attached hydrogens (tertiary/aromatic N) is 2. The number of para-hydroxylation sites is 1. The van der Waals surface area contributed by atoms with Crippen LogP contribution in [0.5, 0.6) is 0 Å². The Hall–Kier alpha value is -2.33. The monoisotopic (exact) mass is 362 g/mol. The molecule has 1 aliphatic heterocycles. The summed E-state index contributed by atoms with van der Waals surface area (Å²) in [6.07, 6.45) is 0.930. The number of amides is 1. The van der Waals surface area contributed by atoms with Crippen LogP contribution in [0.25, 0.3) is 10.9 Å². The maximum absolute atomic E-state index is 12.9. The Morgan fingerprint density at radius 3 is 2.85 bits per heavy atom. The summed E-state index contributed by atoms with van der Waals surface area (Å²) in [6.45, 7) is 6.27. The van der Waals surface area contributed by atoms with E-state index in [-0.39, 0.29) is 11.9 Å². The number of anilines is 1. The molecule has 132 valence electrons. The van der Waals surface area contributed by atoms with Crippen molar-refractivity contribution in [2.45, 2.75) is 38.3 Å². The molecular weight excluding hydrogens is 340 g/mol. The highest BCUT2D eigenvalue weighted by Gasteiger charge is 2.30. The van der Waals surface area contributed by atoms with Gasteiger partial charge < -0.3 is 4.90 Å². The first kappa shape index (κ1) is 17.1. The first-order valence-electron chi connectivity index (χ1n) is 8.93. The minimum Gasteiger partial charge on any atom is -0.308 e. The number of fused-ring (bicyclic) bond motifs is 2. The van der Waals surface area contributed by atoms with Crippen LogP contribution in [0.4, 0.5) is 5.69 Å². The zero-order valence-electron chi connectivity index (χ0n) is 15.3. The van der Waals surface area contributed by atoms with E-state index in [0.29, 0.717) is 5.75 Å². The Kier molecular flexibility index (Phi) is 4.45. The predicted molar refractivity (Wildman–Crippen MR) is 109 cm³/mol. The molecule has 3 nitrogen and oxygen atoms in total. The average Bonchev–Trinajstić information content (AvgIpc) is 2.95. The van der Waals surface area contributed by atoms with Gasteiger partial charge in [-0.05, 0) is 62.6 Å². The number of benzene rings is 2. The molecule has 0 bridgehead atoms. The minimum atomic E-state index is 0.151. The molecule has 3 aromatic rings. The fraction of sp³-hybridized carbons (Fsp3) is 0.273. The highest BCUT2D eigenvalue weighted by molar-refractivity contribution is 8.00. The predicted octanol–water partition coefficient (Wildman–Crippen LogP) is 4.92. The number of rotatable bonds is 3. The zero-order chi connectivity index (χ0) is 18.3. The number of aryl methyl sites for hydroxylation is 2. The van der Waals surface area contributed by atoms with Crippen molar-refractivity contribution in [3.05, 3.63) is 65.2 Å². The highest BCUT2D eigenvalue weighted by Crippen LogP contribution is 2.33. The van der Waals surface area contributed by atoms with Crippen LogP contribution >= 0.6 is 11.8 Å². The van der Waals surface area contributed by atoms with Crippen LogP contribution in [0, 0.1) is 13.8 Å². The lowest BCUT2D eigenvalue weighted by atomic mass is 10.1. The molecule has 1 aromatic heterocycles. The molecule has 4 heteroatoms. The Morgan fingerprint density at radius 2 is 2.00 bits per heavy atom. The van der Waals surface area contributed by atoms with Crippen LogP contribution in [-0.4, -0.2) is 22.7 Å². The van der Waals surface area contributed by atoms with Crippen molar-refractivity contribution in [3.63, 3.8) is 0 Å². The molecule has 0 spiro atoms. The van der Waals surface area contributed by atoms with Crippen LogP contribution in [0.3, 0.4) is 0 Å². The largest absolute Gasteiger partial charge is 0.308 e. The Bertz CT molecular complexity index is 999. The Morgan fingerprint density at radius 1 is 1.19 bits per heavy atom. The number of carbonyl (C=O) groups is 1. The van der Waals surface area contributed by atoms with Gasteiger partial charge in [0.05, 0.1) is 11.3 Å². The van der Waals surface area contributed by atoms with Gasteiger partial charge in [0.25, 0.3) is 0 Å². The van der Waals surface area contributed by atoms with Crippen molar-refractivity contribution in [1.29, 1.82) is 0 Å². The summed E-state index contributed by atoms with van der Waals surface area (Å²) in [5.74, 6) is 0.557. The smallest absolute Gasteiger partial charge is 0.237 e. The third kappa shape index (κ3) is 3.10. The fourth-order valence-electron chi connectivity index (χ4n) is 3.68. The molecule has 0 saturated carbocycles. The molecule has 2 heterocycles. The van der Waals surface area contributed by atoms with E-state index in [4.69, 9.17) is 4.98 Å². The SMILES string of the molecule is Cc1ccc2nc(SCC(=O)N3c4ccccc4C[C@H]3C)c(C)cc2c1. The Balaban J connectivity index is 1.54. The second kappa shape index (κ2) is 6.76. The summed E-state index contributed by atoms with van der Waals surface area (Å²) in [5, 5.41) is 2.09. The molecule has 4 rings (SSSR count). The van der Waals surface area contributed by atoms with Crippen LogP contribution in [0.1, 0.15) is 23.6 Å². The van der Waals surface area contributed by atoms with E-state index in [1.165, 1.54) is 22.9 Å². The molecule has 0 N–H and O–H groups in total. The molecule has 1 amide bonds. The average molecular weight is 362 g/mol. The number of hydrogen-bond acceptors (Lipinski definition) is 3. The highest BCUT2D eigenvalue weighted by atomic mass is 32.2. The molecule has 0 aliphatic carbocycles. The summed E-state index contributed by atoms with van der Waals surface area (Å²) in [4.78, 5) is 19.6. The second-order valence-electron chi connectivity index (χ2n) is 7.04. The van der Waals surface area contributed by atoms with E-state index in [1.807, 2.05) is 23.1 Å². The molecule has 1 atom stereocenters. The minimum absolute atomic E-state index is 0.151. The van der Waals surface area contributed by atoms with E-state index in [0.717, 1.165) is 33.6 Å². The van der Waals surface area contributed by atoms with Crippen LogP contribution < -0.4 is 4.90 Å². The summed E-state index contributed by atoms with van der Waals surface area (Å²) < 4.78 is 0. The van der Waals surface area contributed by atoms with Crippen molar-refractivity contribution in [2.24, 2.45) is 0 Å². The van der Waals surface area contributed by atoms with Crippen molar-refractivity contribution in [1.82, 2.24) is 4.98 Å². The number of pyridine rings is 1. The van der Waals surface area contributed by atoms with E-state index in [2.05, 4.69) is 51.1 Å². The van der Waals surface area contributed by atoms with E-state index >= 15 is 0 Å². The molecule has 1 aliphatic rings. The van der Waals surface area contributed by atoms with Gasteiger partial charge in [-0.15, -0.1) is 0 Å². The summed E-state index contributed by atoms with van der Waals surface area (Å²) in [6, 6.07) is 16.9. The van der Waals surface area contributed by atoms with Gasteiger partial charge in [0.15, 0.2) is 0 Å². The van der Waals surface area contributed by atoms with E-state index < -0.39 is 0 Å². The Labute approximate surface area is 158 Å². The van der Waals surface area contributed by atoms with Crippen molar-refractivity contribution >= 4 is 34.3 Å². The summed E-state index contributed by atoms with van der Waals surface area (Å²) >= 11 is 1.54. The molecule has 26 heavy (non-hydrogen) atoms. The van der Waals surface area contributed by atoms with E-state index in [1.54, 1.807) is 0 Å². The van der Waals surface area contributed by atoms with Crippen molar-refractivity contribution in [3.8, 4) is 0 Å². The van der Waals surface area contributed by atoms with Crippen LogP contribution in [-0.2, 0) is 11.2 Å². The first-order valence-corrected chi connectivity index (χ1v) is 9.92. The van der Waals surface area contributed by atoms with Gasteiger partial charge in [0, 0.05) is 17.1 Å². The second-order valence-corrected chi connectivity index (χ2v) is 8.00. The standard InChI is InChI=1S/C22H22N2OS/c1-14-8-9-19-18(10-14)11-15(2)22(23-19)26-13-21(25)24-16(3)12-17-6-4-5-7-20(17)24/h4-11,16H,12-13H2,1-3H3/t16-/m1/s1. The molecular formula is C22H22N2OS. The summed E-state index contributed by atoms with van der Waals surface area (Å²) in [5.41, 5.74) is 5.65. The van der Waals surface area contributed by atoms with Gasteiger partial charge in [-0.2, -0.15) is 0 Å². The van der Waals surface area contributed by atoms with Gasteiger partial charge in [0.1, 0.15) is 5.03 Å². The third-order valence-corrected chi connectivity index (χ3v) is 6.00. The molecule has 0 saturated heterocycles. The first-order chi connectivity index (χ1) is 12.5. The van der Waals surface area contributed by atoms with Gasteiger partial charge >= 0.3 is 0 Å². The quantitative estimate of drug-likeness (QED) is 0.620. The number of carbonyl (C=O) groups excluding carboxylic acids is 1. The number of thioether (sulfide) groups is 1. The maximum Gasteiger partial charge on any atom is 0.237 e. The van der Waals surface area contributed by atoms with Crippen LogP contribution in [0.15, 0.2) is 53.6 Å². The molecule has 0 fully saturated rings. The normalized spacial score (nSPS) is 16.1. The fourth-order valence-corrected chi connectivity index (χ4v) is 4.52. The zero-order valence-corrected chi connectivity index (χ0v) is 16.1. The van der Waals surface area contributed by atoms with Gasteiger partial charge in [0.2, 0.25) is 5.91 Å². The number of aromatic nitrogens is 1.